The zero-order valence-corrected chi connectivity index (χ0v) is 10.7. The van der Waals surface area contributed by atoms with Crippen LogP contribution in [-0.2, 0) is 0 Å². The van der Waals surface area contributed by atoms with Gasteiger partial charge in [0.15, 0.2) is 0 Å². The van der Waals surface area contributed by atoms with E-state index >= 15 is 0 Å². The monoisotopic (exact) mass is 291 g/mol. The number of nitrogens with one attached hydrogen (secondary N) is 1. The summed E-state index contributed by atoms with van der Waals surface area (Å²) in [6.45, 7) is 1.84. The molecule has 0 spiro atoms. The Kier molecular flexibility index (Phi) is 3.49. The van der Waals surface area contributed by atoms with E-state index in [9.17, 15) is 4.79 Å². The fourth-order valence-electron chi connectivity index (χ4n) is 1.34. The summed E-state index contributed by atoms with van der Waals surface area (Å²) >= 11 is 3.23. The lowest BCUT2D eigenvalue weighted by Gasteiger charge is -2.06. The van der Waals surface area contributed by atoms with Crippen LogP contribution >= 0.6 is 15.9 Å². The van der Waals surface area contributed by atoms with E-state index < -0.39 is 0 Å². The molecule has 1 N–H and O–H groups in total. The first kappa shape index (κ1) is 11.7. The molecule has 17 heavy (non-hydrogen) atoms. The van der Waals surface area contributed by atoms with Gasteiger partial charge in [0.05, 0.1) is 11.4 Å². The second-order valence-electron chi connectivity index (χ2n) is 3.44. The van der Waals surface area contributed by atoms with Crippen LogP contribution in [0.3, 0.4) is 0 Å². The molecule has 0 bridgehead atoms. The molecule has 0 aliphatic heterocycles. The van der Waals surface area contributed by atoms with Gasteiger partial charge in [0.1, 0.15) is 10.3 Å². The van der Waals surface area contributed by atoms with Crippen molar-refractivity contribution in [2.75, 3.05) is 5.32 Å². The van der Waals surface area contributed by atoms with Crippen LogP contribution in [-0.4, -0.2) is 15.9 Å². The first-order valence-electron chi connectivity index (χ1n) is 5.02. The Labute approximate surface area is 107 Å². The largest absolute Gasteiger partial charge is 0.319 e. The van der Waals surface area contributed by atoms with E-state index in [0.29, 0.717) is 16.0 Å². The number of halogens is 1. The van der Waals surface area contributed by atoms with E-state index in [1.54, 1.807) is 36.5 Å². The lowest BCUT2D eigenvalue weighted by molar-refractivity contribution is 0.102. The fraction of sp³-hybridized carbons (Fsp3) is 0.0833. The van der Waals surface area contributed by atoms with Crippen molar-refractivity contribution < 1.29 is 4.79 Å². The SMILES string of the molecule is Cc1ncccc1NC(=O)c1cccc(Br)n1. The van der Waals surface area contributed by atoms with Gasteiger partial charge in [-0.2, -0.15) is 0 Å². The van der Waals surface area contributed by atoms with Crippen molar-refractivity contribution in [1.82, 2.24) is 9.97 Å². The molecule has 0 saturated carbocycles. The minimum atomic E-state index is -0.248. The highest BCUT2D eigenvalue weighted by Gasteiger charge is 2.09. The highest BCUT2D eigenvalue weighted by atomic mass is 79.9. The maximum atomic E-state index is 11.9. The summed E-state index contributed by atoms with van der Waals surface area (Å²) in [6.07, 6.45) is 1.68. The predicted octanol–water partition coefficient (Wildman–Crippen LogP) is 2.80. The highest BCUT2D eigenvalue weighted by Crippen LogP contribution is 2.12. The van der Waals surface area contributed by atoms with Gasteiger partial charge in [0.2, 0.25) is 0 Å². The number of carbonyl (C=O) groups excluding carboxylic acids is 1. The molecule has 0 atom stereocenters. The van der Waals surface area contributed by atoms with E-state index in [0.717, 1.165) is 5.69 Å². The van der Waals surface area contributed by atoms with Gasteiger partial charge < -0.3 is 5.32 Å². The van der Waals surface area contributed by atoms with Gasteiger partial charge in [-0.05, 0) is 47.1 Å². The van der Waals surface area contributed by atoms with Crippen LogP contribution in [0.5, 0.6) is 0 Å². The summed E-state index contributed by atoms with van der Waals surface area (Å²) in [5, 5.41) is 2.77. The molecule has 5 heteroatoms. The highest BCUT2D eigenvalue weighted by molar-refractivity contribution is 9.10. The number of hydrogen-bond donors (Lipinski definition) is 1. The average molecular weight is 292 g/mol. The second kappa shape index (κ2) is 5.05. The van der Waals surface area contributed by atoms with E-state index in [1.807, 2.05) is 6.92 Å². The Bertz CT molecular complexity index is 557. The molecular weight excluding hydrogens is 282 g/mol. The minimum absolute atomic E-state index is 0.248. The zero-order valence-electron chi connectivity index (χ0n) is 9.14. The van der Waals surface area contributed by atoms with Crippen LogP contribution in [0.2, 0.25) is 0 Å². The topological polar surface area (TPSA) is 54.9 Å². The number of carbonyl (C=O) groups is 1. The molecule has 2 heterocycles. The van der Waals surface area contributed by atoms with Crippen molar-refractivity contribution in [3.05, 3.63) is 52.5 Å². The summed E-state index contributed by atoms with van der Waals surface area (Å²) in [5.74, 6) is -0.248. The number of aryl methyl sites for hydroxylation is 1. The van der Waals surface area contributed by atoms with Crippen LogP contribution in [0.1, 0.15) is 16.2 Å². The molecule has 0 saturated heterocycles. The molecular formula is C12H10BrN3O. The summed E-state index contributed by atoms with van der Waals surface area (Å²) < 4.78 is 0.632. The Morgan fingerprint density at radius 2 is 2.12 bits per heavy atom. The Morgan fingerprint density at radius 3 is 2.82 bits per heavy atom. The number of rotatable bonds is 2. The second-order valence-corrected chi connectivity index (χ2v) is 4.25. The normalized spacial score (nSPS) is 10.0. The predicted molar refractivity (Wildman–Crippen MR) is 68.9 cm³/mol. The van der Waals surface area contributed by atoms with Gasteiger partial charge in [0, 0.05) is 6.20 Å². The number of anilines is 1. The molecule has 0 radical (unpaired) electrons. The van der Waals surface area contributed by atoms with Crippen LogP contribution < -0.4 is 5.32 Å². The molecule has 4 nitrogen and oxygen atoms in total. The molecule has 1 amide bonds. The number of hydrogen-bond acceptors (Lipinski definition) is 3. The summed E-state index contributed by atoms with van der Waals surface area (Å²) in [5.41, 5.74) is 1.83. The molecule has 0 aliphatic carbocycles. The van der Waals surface area contributed by atoms with Crippen LogP contribution in [0.4, 0.5) is 5.69 Å². The zero-order chi connectivity index (χ0) is 12.3. The quantitative estimate of drug-likeness (QED) is 0.866. The Balaban J connectivity index is 2.20. The van der Waals surface area contributed by atoms with E-state index in [-0.39, 0.29) is 5.91 Å². The van der Waals surface area contributed by atoms with Crippen LogP contribution in [0.25, 0.3) is 0 Å². The molecule has 2 rings (SSSR count). The maximum Gasteiger partial charge on any atom is 0.274 e. The van der Waals surface area contributed by atoms with Gasteiger partial charge >= 0.3 is 0 Å². The van der Waals surface area contributed by atoms with Crippen LogP contribution in [0.15, 0.2) is 41.1 Å². The van der Waals surface area contributed by atoms with Crippen molar-refractivity contribution in [3.8, 4) is 0 Å². The van der Waals surface area contributed by atoms with Gasteiger partial charge in [-0.25, -0.2) is 4.98 Å². The lowest BCUT2D eigenvalue weighted by atomic mass is 10.3. The van der Waals surface area contributed by atoms with Crippen molar-refractivity contribution in [2.24, 2.45) is 0 Å². The maximum absolute atomic E-state index is 11.9. The fourth-order valence-corrected chi connectivity index (χ4v) is 1.68. The molecule has 0 fully saturated rings. The molecule has 86 valence electrons. The molecule has 0 unspecified atom stereocenters. The van der Waals surface area contributed by atoms with Gasteiger partial charge in [0.25, 0.3) is 5.91 Å². The first-order chi connectivity index (χ1) is 8.16. The van der Waals surface area contributed by atoms with E-state index in [4.69, 9.17) is 0 Å². The van der Waals surface area contributed by atoms with E-state index in [1.165, 1.54) is 0 Å². The van der Waals surface area contributed by atoms with Crippen molar-refractivity contribution in [2.45, 2.75) is 6.92 Å². The van der Waals surface area contributed by atoms with Crippen LogP contribution in [0, 0.1) is 6.92 Å². The summed E-state index contributed by atoms with van der Waals surface area (Å²) in [4.78, 5) is 20.1. The first-order valence-corrected chi connectivity index (χ1v) is 5.81. The molecule has 0 aromatic carbocycles. The number of amides is 1. The van der Waals surface area contributed by atoms with Gasteiger partial charge in [-0.3, -0.25) is 9.78 Å². The third-order valence-electron chi connectivity index (χ3n) is 2.20. The van der Waals surface area contributed by atoms with Gasteiger partial charge in [-0.1, -0.05) is 6.07 Å². The molecule has 2 aromatic rings. The number of pyridine rings is 2. The van der Waals surface area contributed by atoms with E-state index in [2.05, 4.69) is 31.2 Å². The Morgan fingerprint density at radius 1 is 1.29 bits per heavy atom. The third-order valence-corrected chi connectivity index (χ3v) is 2.64. The Hall–Kier alpha value is -1.75. The number of nitrogens with zero attached hydrogens (tertiary/aromatic N) is 2. The van der Waals surface area contributed by atoms with Crippen molar-refractivity contribution in [1.29, 1.82) is 0 Å². The molecule has 2 aromatic heterocycles. The number of aromatic nitrogens is 2. The van der Waals surface area contributed by atoms with Gasteiger partial charge in [-0.15, -0.1) is 0 Å². The minimum Gasteiger partial charge on any atom is -0.319 e. The summed E-state index contributed by atoms with van der Waals surface area (Å²) in [7, 11) is 0. The van der Waals surface area contributed by atoms with Crippen molar-refractivity contribution >= 4 is 27.5 Å². The third kappa shape index (κ3) is 2.88. The average Bonchev–Trinajstić information content (AvgIpc) is 2.32. The standard InChI is InChI=1S/C12H10BrN3O/c1-8-9(5-3-7-14-8)16-12(17)10-4-2-6-11(13)15-10/h2-7H,1H3,(H,16,17). The molecule has 0 aliphatic rings. The summed E-state index contributed by atoms with van der Waals surface area (Å²) in [6, 6.07) is 8.77. The smallest absolute Gasteiger partial charge is 0.274 e. The van der Waals surface area contributed by atoms with Crippen molar-refractivity contribution in [3.63, 3.8) is 0 Å². The lowest BCUT2D eigenvalue weighted by Crippen LogP contribution is -2.14.